The number of hydrogen-bond acceptors (Lipinski definition) is 3. The Kier molecular flexibility index (Phi) is 5.42. The van der Waals surface area contributed by atoms with Crippen LogP contribution in [0.2, 0.25) is 5.02 Å². The maximum Gasteiger partial charge on any atom is 0.323 e. The Morgan fingerprint density at radius 1 is 1.06 bits per heavy atom. The molecule has 31 heavy (non-hydrogen) atoms. The normalized spacial score (nSPS) is 17.9. The lowest BCUT2D eigenvalue weighted by Crippen LogP contribution is -2.41. The Labute approximate surface area is 190 Å². The number of aryl methyl sites for hydroxylation is 1. The molecule has 3 amide bonds. The Morgan fingerprint density at radius 2 is 1.81 bits per heavy atom. The molecule has 3 aromatic rings. The van der Waals surface area contributed by atoms with Gasteiger partial charge in [-0.15, -0.1) is 11.3 Å². The van der Waals surface area contributed by atoms with E-state index in [1.165, 1.54) is 10.4 Å². The van der Waals surface area contributed by atoms with Gasteiger partial charge in [-0.05, 0) is 48.9 Å². The number of carbonyl (C=O) groups is 2. The average Bonchev–Trinajstić information content (AvgIpc) is 3.05. The maximum absolute atomic E-state index is 13.5. The quantitative estimate of drug-likeness (QED) is 0.513. The number of halogens is 1. The number of urea groups is 1. The largest absolute Gasteiger partial charge is 0.323 e. The van der Waals surface area contributed by atoms with Gasteiger partial charge in [0.15, 0.2) is 0 Å². The first kappa shape index (κ1) is 20.1. The number of rotatable bonds is 2. The fourth-order valence-electron chi connectivity index (χ4n) is 4.46. The van der Waals surface area contributed by atoms with Gasteiger partial charge in [-0.3, -0.25) is 4.79 Å². The Bertz CT molecular complexity index is 1140. The highest BCUT2D eigenvalue weighted by Gasteiger charge is 2.37. The molecule has 5 rings (SSSR count). The Balaban J connectivity index is 1.62. The molecular weight excluding hydrogens is 430 g/mol. The smallest absolute Gasteiger partial charge is 0.316 e. The number of fused-ring (bicyclic) bond motifs is 3. The van der Waals surface area contributed by atoms with Crippen LogP contribution in [0, 0.1) is 0 Å². The number of hydrogen-bond donors (Lipinski definition) is 2. The van der Waals surface area contributed by atoms with Crippen LogP contribution in [0.5, 0.6) is 0 Å². The molecule has 7 heteroatoms. The summed E-state index contributed by atoms with van der Waals surface area (Å²) in [5.74, 6) is -0.187. The zero-order valence-electron chi connectivity index (χ0n) is 16.9. The number of carbonyl (C=O) groups excluding carboxylic acids is 2. The summed E-state index contributed by atoms with van der Waals surface area (Å²) in [7, 11) is 0. The zero-order valence-corrected chi connectivity index (χ0v) is 18.4. The molecule has 0 unspecified atom stereocenters. The lowest BCUT2D eigenvalue weighted by atomic mass is 9.89. The van der Waals surface area contributed by atoms with E-state index in [1.807, 2.05) is 42.5 Å². The van der Waals surface area contributed by atoms with E-state index in [2.05, 4.69) is 10.6 Å². The molecule has 0 spiro atoms. The molecule has 0 bridgehead atoms. The molecule has 2 heterocycles. The van der Waals surface area contributed by atoms with Crippen LogP contribution in [0.4, 0.5) is 15.5 Å². The first-order valence-corrected chi connectivity index (χ1v) is 11.6. The van der Waals surface area contributed by atoms with Crippen molar-refractivity contribution in [2.24, 2.45) is 0 Å². The van der Waals surface area contributed by atoms with Crippen LogP contribution in [0.25, 0.3) is 0 Å². The number of anilines is 2. The van der Waals surface area contributed by atoms with E-state index in [0.717, 1.165) is 41.8 Å². The van der Waals surface area contributed by atoms with Crippen molar-refractivity contribution in [2.45, 2.75) is 31.7 Å². The van der Waals surface area contributed by atoms with Gasteiger partial charge in [-0.2, -0.15) is 0 Å². The molecule has 1 aromatic heterocycles. The molecular formula is C24H22ClN3O2S. The van der Waals surface area contributed by atoms with Crippen molar-refractivity contribution < 1.29 is 9.59 Å². The molecule has 0 saturated carbocycles. The standard InChI is InChI=1S/C24H22ClN3O2S/c25-17-11-5-6-12-18(17)26-24(30)28-14-20(29)27-23-21(16-10-4-7-13-19(16)31-23)22(28)15-8-2-1-3-9-15/h1-3,5-6,8-9,11-12,22H,4,7,10,13-14H2,(H,26,30)(H,27,29)/t22-/m1/s1. The van der Waals surface area contributed by atoms with E-state index in [1.54, 1.807) is 28.4 Å². The highest BCUT2D eigenvalue weighted by molar-refractivity contribution is 7.16. The SMILES string of the molecule is O=C1CN(C(=O)Nc2ccccc2Cl)[C@H](c2ccccc2)c2c(sc3c2CCCC3)N1. The minimum absolute atomic E-state index is 0.0357. The molecule has 1 aliphatic carbocycles. The van der Waals surface area contributed by atoms with E-state index < -0.39 is 0 Å². The van der Waals surface area contributed by atoms with Crippen LogP contribution >= 0.6 is 22.9 Å². The van der Waals surface area contributed by atoms with E-state index in [9.17, 15) is 9.59 Å². The fourth-order valence-corrected chi connectivity index (χ4v) is 5.98. The highest BCUT2D eigenvalue weighted by Crippen LogP contribution is 2.46. The zero-order chi connectivity index (χ0) is 21.4. The van der Waals surface area contributed by atoms with Crippen molar-refractivity contribution in [1.29, 1.82) is 0 Å². The van der Waals surface area contributed by atoms with Crippen molar-refractivity contribution >= 4 is 45.6 Å². The van der Waals surface area contributed by atoms with Gasteiger partial charge in [0.05, 0.1) is 16.8 Å². The van der Waals surface area contributed by atoms with Gasteiger partial charge in [-0.1, -0.05) is 54.1 Å². The van der Waals surface area contributed by atoms with E-state index in [-0.39, 0.29) is 24.5 Å². The van der Waals surface area contributed by atoms with Crippen molar-refractivity contribution in [1.82, 2.24) is 4.90 Å². The van der Waals surface area contributed by atoms with Crippen LogP contribution in [0.1, 0.15) is 40.5 Å². The van der Waals surface area contributed by atoms with E-state index in [0.29, 0.717) is 10.7 Å². The summed E-state index contributed by atoms with van der Waals surface area (Å²) in [5, 5.41) is 7.31. The summed E-state index contributed by atoms with van der Waals surface area (Å²) in [6.07, 6.45) is 4.28. The number of thiophene rings is 1. The fraction of sp³-hybridized carbons (Fsp3) is 0.250. The molecule has 2 aliphatic rings. The summed E-state index contributed by atoms with van der Waals surface area (Å²) < 4.78 is 0. The van der Waals surface area contributed by atoms with Crippen molar-refractivity contribution in [3.63, 3.8) is 0 Å². The van der Waals surface area contributed by atoms with Gasteiger partial charge < -0.3 is 15.5 Å². The van der Waals surface area contributed by atoms with Crippen LogP contribution in [0.3, 0.4) is 0 Å². The van der Waals surface area contributed by atoms with Gasteiger partial charge in [0.25, 0.3) is 0 Å². The molecule has 158 valence electrons. The van der Waals surface area contributed by atoms with Gasteiger partial charge in [0, 0.05) is 10.4 Å². The molecule has 0 saturated heterocycles. The Morgan fingerprint density at radius 3 is 2.61 bits per heavy atom. The second kappa shape index (κ2) is 8.36. The summed E-state index contributed by atoms with van der Waals surface area (Å²) in [5.41, 5.74) is 3.86. The molecule has 5 nitrogen and oxygen atoms in total. The molecule has 1 aliphatic heterocycles. The minimum Gasteiger partial charge on any atom is -0.316 e. The van der Waals surface area contributed by atoms with Crippen LogP contribution in [-0.2, 0) is 17.6 Å². The summed E-state index contributed by atoms with van der Waals surface area (Å²) >= 11 is 7.93. The third kappa shape index (κ3) is 3.82. The highest BCUT2D eigenvalue weighted by atomic mass is 35.5. The number of nitrogens with one attached hydrogen (secondary N) is 2. The third-order valence-corrected chi connectivity index (χ3v) is 7.41. The number of amides is 3. The van der Waals surface area contributed by atoms with Crippen molar-refractivity contribution in [2.75, 3.05) is 17.2 Å². The first-order chi connectivity index (χ1) is 15.1. The number of para-hydroxylation sites is 1. The number of nitrogens with zero attached hydrogens (tertiary/aromatic N) is 1. The second-order valence-corrected chi connectivity index (χ2v) is 9.37. The lowest BCUT2D eigenvalue weighted by molar-refractivity contribution is -0.116. The average molecular weight is 452 g/mol. The van der Waals surface area contributed by atoms with Gasteiger partial charge in [0.2, 0.25) is 5.91 Å². The topological polar surface area (TPSA) is 61.4 Å². The summed E-state index contributed by atoms with van der Waals surface area (Å²) in [6, 6.07) is 16.4. The van der Waals surface area contributed by atoms with E-state index >= 15 is 0 Å². The predicted octanol–water partition coefficient (Wildman–Crippen LogP) is 5.86. The maximum atomic E-state index is 13.5. The van der Waals surface area contributed by atoms with Crippen LogP contribution < -0.4 is 10.6 Å². The predicted molar refractivity (Wildman–Crippen MR) is 125 cm³/mol. The monoisotopic (exact) mass is 451 g/mol. The number of benzene rings is 2. The Hall–Kier alpha value is -2.83. The van der Waals surface area contributed by atoms with Crippen LogP contribution in [-0.4, -0.2) is 23.4 Å². The van der Waals surface area contributed by atoms with Gasteiger partial charge in [-0.25, -0.2) is 4.79 Å². The molecule has 1 atom stereocenters. The van der Waals surface area contributed by atoms with Crippen molar-refractivity contribution in [3.8, 4) is 0 Å². The lowest BCUT2D eigenvalue weighted by Gasteiger charge is -2.31. The molecule has 0 fully saturated rings. The summed E-state index contributed by atoms with van der Waals surface area (Å²) in [6.45, 7) is -0.0357. The van der Waals surface area contributed by atoms with Gasteiger partial charge >= 0.3 is 6.03 Å². The van der Waals surface area contributed by atoms with Crippen molar-refractivity contribution in [3.05, 3.63) is 81.2 Å². The van der Waals surface area contributed by atoms with E-state index in [4.69, 9.17) is 11.6 Å². The molecule has 2 aromatic carbocycles. The van der Waals surface area contributed by atoms with Gasteiger partial charge in [0.1, 0.15) is 11.5 Å². The second-order valence-electron chi connectivity index (χ2n) is 7.85. The molecule has 0 radical (unpaired) electrons. The third-order valence-electron chi connectivity index (χ3n) is 5.86. The first-order valence-electron chi connectivity index (χ1n) is 10.4. The van der Waals surface area contributed by atoms with Crippen LogP contribution in [0.15, 0.2) is 54.6 Å². The molecule has 2 N–H and O–H groups in total. The minimum atomic E-state index is -0.351. The summed E-state index contributed by atoms with van der Waals surface area (Å²) in [4.78, 5) is 29.2.